The Morgan fingerprint density at radius 1 is 1.07 bits per heavy atom. The minimum atomic E-state index is -0.596. The van der Waals surface area contributed by atoms with Gasteiger partial charge in [-0.25, -0.2) is 0 Å². The summed E-state index contributed by atoms with van der Waals surface area (Å²) in [5, 5.41) is 10.9. The highest BCUT2D eigenvalue weighted by atomic mass is 16.1. The van der Waals surface area contributed by atoms with Gasteiger partial charge in [0.1, 0.15) is 0 Å². The highest BCUT2D eigenvalue weighted by Gasteiger charge is 2.21. The molecule has 0 saturated carbocycles. The Morgan fingerprint density at radius 3 is 2.48 bits per heavy atom. The SMILES string of the molecule is CC(C)(N)c1cc(C(=O)Nc2c(-c3ccccc3)[nH]c3ccccc23)n[nH]1. The van der Waals surface area contributed by atoms with Crippen molar-refractivity contribution in [3.8, 4) is 11.3 Å². The first kappa shape index (κ1) is 17.1. The van der Waals surface area contributed by atoms with Gasteiger partial charge in [-0.15, -0.1) is 0 Å². The van der Waals surface area contributed by atoms with Crippen LogP contribution in [0.1, 0.15) is 30.0 Å². The molecule has 0 bridgehead atoms. The number of benzene rings is 2. The summed E-state index contributed by atoms with van der Waals surface area (Å²) in [5.74, 6) is -0.288. The summed E-state index contributed by atoms with van der Waals surface area (Å²) in [6.07, 6.45) is 0. The standard InChI is InChI=1S/C21H21N5O/c1-21(2,22)17-12-16(25-26-17)20(27)24-19-14-10-6-7-11-15(14)23-18(19)13-8-4-3-5-9-13/h3-12,23H,22H2,1-2H3,(H,24,27)(H,25,26). The van der Waals surface area contributed by atoms with Crippen molar-refractivity contribution in [2.45, 2.75) is 19.4 Å². The largest absolute Gasteiger partial charge is 0.353 e. The average molecular weight is 359 g/mol. The first-order valence-electron chi connectivity index (χ1n) is 8.76. The Balaban J connectivity index is 1.75. The quantitative estimate of drug-likeness (QED) is 0.443. The Hall–Kier alpha value is -3.38. The van der Waals surface area contributed by atoms with Crippen LogP contribution in [-0.2, 0) is 5.54 Å². The van der Waals surface area contributed by atoms with Gasteiger partial charge in [-0.1, -0.05) is 48.5 Å². The summed E-state index contributed by atoms with van der Waals surface area (Å²) in [6, 6.07) is 19.5. The molecule has 0 aliphatic rings. The predicted octanol–water partition coefficient (Wildman–Crippen LogP) is 4.00. The van der Waals surface area contributed by atoms with Gasteiger partial charge in [0.05, 0.1) is 22.6 Å². The molecule has 2 heterocycles. The molecular weight excluding hydrogens is 338 g/mol. The van der Waals surface area contributed by atoms with E-state index in [4.69, 9.17) is 5.73 Å². The van der Waals surface area contributed by atoms with E-state index in [0.29, 0.717) is 11.4 Å². The lowest BCUT2D eigenvalue weighted by atomic mass is 10.0. The average Bonchev–Trinajstić information content (AvgIpc) is 3.28. The van der Waals surface area contributed by atoms with Crippen molar-refractivity contribution in [3.63, 3.8) is 0 Å². The zero-order valence-electron chi connectivity index (χ0n) is 15.2. The third-order valence-corrected chi connectivity index (χ3v) is 4.51. The molecule has 0 atom stereocenters. The van der Waals surface area contributed by atoms with Crippen molar-refractivity contribution in [1.29, 1.82) is 0 Å². The number of aromatic amines is 2. The number of nitrogens with zero attached hydrogens (tertiary/aromatic N) is 1. The lowest BCUT2D eigenvalue weighted by Crippen LogP contribution is -2.29. The summed E-state index contributed by atoms with van der Waals surface area (Å²) in [7, 11) is 0. The summed E-state index contributed by atoms with van der Waals surface area (Å²) in [5.41, 5.74) is 10.0. The summed E-state index contributed by atoms with van der Waals surface area (Å²) in [6.45, 7) is 3.71. The van der Waals surface area contributed by atoms with Crippen LogP contribution < -0.4 is 11.1 Å². The minimum absolute atomic E-state index is 0.288. The number of para-hydroxylation sites is 1. The molecule has 0 fully saturated rings. The fraction of sp³-hybridized carbons (Fsp3) is 0.143. The van der Waals surface area contributed by atoms with Crippen LogP contribution >= 0.6 is 0 Å². The number of nitrogens with two attached hydrogens (primary N) is 1. The van der Waals surface area contributed by atoms with Crippen LogP contribution in [-0.4, -0.2) is 21.1 Å². The van der Waals surface area contributed by atoms with Crippen LogP contribution in [0.15, 0.2) is 60.7 Å². The molecule has 1 amide bonds. The number of rotatable bonds is 4. The Morgan fingerprint density at radius 2 is 1.78 bits per heavy atom. The molecular formula is C21H21N5O. The second-order valence-electron chi connectivity index (χ2n) is 7.13. The number of H-pyrrole nitrogens is 2. The van der Waals surface area contributed by atoms with Crippen molar-refractivity contribution in [2.75, 3.05) is 5.32 Å². The van der Waals surface area contributed by atoms with Crippen molar-refractivity contribution in [1.82, 2.24) is 15.2 Å². The maximum absolute atomic E-state index is 12.8. The third kappa shape index (κ3) is 3.22. The van der Waals surface area contributed by atoms with E-state index in [1.54, 1.807) is 6.07 Å². The van der Waals surface area contributed by atoms with Gasteiger partial charge >= 0.3 is 0 Å². The summed E-state index contributed by atoms with van der Waals surface area (Å²) in [4.78, 5) is 16.2. The smallest absolute Gasteiger partial charge is 0.276 e. The Labute approximate surface area is 156 Å². The van der Waals surface area contributed by atoms with E-state index in [0.717, 1.165) is 27.8 Å². The maximum Gasteiger partial charge on any atom is 0.276 e. The summed E-state index contributed by atoms with van der Waals surface area (Å²) >= 11 is 0. The molecule has 136 valence electrons. The van der Waals surface area contributed by atoms with E-state index < -0.39 is 5.54 Å². The molecule has 0 spiro atoms. The molecule has 0 aliphatic carbocycles. The fourth-order valence-electron chi connectivity index (χ4n) is 3.04. The predicted molar refractivity (Wildman–Crippen MR) is 107 cm³/mol. The van der Waals surface area contributed by atoms with E-state index >= 15 is 0 Å². The number of amides is 1. The third-order valence-electron chi connectivity index (χ3n) is 4.51. The van der Waals surface area contributed by atoms with Crippen LogP contribution in [0.4, 0.5) is 5.69 Å². The second kappa shape index (κ2) is 6.41. The normalized spacial score (nSPS) is 11.7. The van der Waals surface area contributed by atoms with E-state index in [-0.39, 0.29) is 5.91 Å². The number of anilines is 1. The lowest BCUT2D eigenvalue weighted by molar-refractivity contribution is 0.102. The number of carbonyl (C=O) groups excluding carboxylic acids is 1. The van der Waals surface area contributed by atoms with Crippen LogP contribution in [0.25, 0.3) is 22.2 Å². The molecule has 0 radical (unpaired) electrons. The van der Waals surface area contributed by atoms with Crippen molar-refractivity contribution in [2.24, 2.45) is 5.73 Å². The number of nitrogens with one attached hydrogen (secondary N) is 3. The van der Waals surface area contributed by atoms with Gasteiger partial charge in [0.15, 0.2) is 5.69 Å². The van der Waals surface area contributed by atoms with Crippen LogP contribution in [0.5, 0.6) is 0 Å². The molecule has 4 aromatic rings. The van der Waals surface area contributed by atoms with E-state index in [1.165, 1.54) is 0 Å². The number of carbonyl (C=O) groups is 1. The van der Waals surface area contributed by atoms with Crippen molar-refractivity contribution < 1.29 is 4.79 Å². The van der Waals surface area contributed by atoms with Gasteiger partial charge in [0.25, 0.3) is 5.91 Å². The van der Waals surface area contributed by atoms with Crippen molar-refractivity contribution in [3.05, 3.63) is 72.1 Å². The van der Waals surface area contributed by atoms with Crippen molar-refractivity contribution >= 4 is 22.5 Å². The Kier molecular flexibility index (Phi) is 4.05. The first-order chi connectivity index (χ1) is 12.9. The zero-order chi connectivity index (χ0) is 19.0. The number of aromatic nitrogens is 3. The van der Waals surface area contributed by atoms with Gasteiger partial charge in [-0.2, -0.15) is 5.10 Å². The fourth-order valence-corrected chi connectivity index (χ4v) is 3.04. The molecule has 27 heavy (non-hydrogen) atoms. The van der Waals surface area contributed by atoms with Gasteiger partial charge in [-0.3, -0.25) is 9.89 Å². The van der Waals surface area contributed by atoms with Gasteiger partial charge in [0, 0.05) is 16.5 Å². The van der Waals surface area contributed by atoms with Gasteiger partial charge in [-0.05, 0) is 26.0 Å². The Bertz CT molecular complexity index is 1100. The topological polar surface area (TPSA) is 99.6 Å². The molecule has 6 heteroatoms. The molecule has 6 nitrogen and oxygen atoms in total. The molecule has 0 saturated heterocycles. The highest BCUT2D eigenvalue weighted by molar-refractivity contribution is 6.12. The lowest BCUT2D eigenvalue weighted by Gasteiger charge is -2.14. The van der Waals surface area contributed by atoms with E-state index in [2.05, 4.69) is 20.5 Å². The number of hydrogen-bond acceptors (Lipinski definition) is 3. The van der Waals surface area contributed by atoms with Crippen LogP contribution in [0.2, 0.25) is 0 Å². The van der Waals surface area contributed by atoms with Crippen LogP contribution in [0.3, 0.4) is 0 Å². The highest BCUT2D eigenvalue weighted by Crippen LogP contribution is 2.35. The monoisotopic (exact) mass is 359 g/mol. The number of hydrogen-bond donors (Lipinski definition) is 4. The maximum atomic E-state index is 12.8. The minimum Gasteiger partial charge on any atom is -0.353 e. The molecule has 2 aromatic carbocycles. The van der Waals surface area contributed by atoms with Crippen LogP contribution in [0, 0.1) is 0 Å². The second-order valence-corrected chi connectivity index (χ2v) is 7.13. The molecule has 0 unspecified atom stereocenters. The molecule has 2 aromatic heterocycles. The van der Waals surface area contributed by atoms with E-state index in [9.17, 15) is 4.79 Å². The number of fused-ring (bicyclic) bond motifs is 1. The molecule has 4 rings (SSSR count). The van der Waals surface area contributed by atoms with Gasteiger partial charge < -0.3 is 16.0 Å². The molecule has 0 aliphatic heterocycles. The molecule has 5 N–H and O–H groups in total. The van der Waals surface area contributed by atoms with E-state index in [1.807, 2.05) is 68.4 Å². The first-order valence-corrected chi connectivity index (χ1v) is 8.76. The summed E-state index contributed by atoms with van der Waals surface area (Å²) < 4.78 is 0. The van der Waals surface area contributed by atoms with Gasteiger partial charge in [0.2, 0.25) is 0 Å². The zero-order valence-corrected chi connectivity index (χ0v) is 15.2.